The Labute approximate surface area is 206 Å². The molecule has 0 N–H and O–H groups in total. The highest BCUT2D eigenvalue weighted by Crippen LogP contribution is 2.33. The number of nitrogens with zero attached hydrogens (tertiary/aromatic N) is 5. The van der Waals surface area contributed by atoms with Crippen LogP contribution < -0.4 is 16.1 Å². The van der Waals surface area contributed by atoms with Crippen molar-refractivity contribution in [2.75, 3.05) is 11.4 Å². The highest BCUT2D eigenvalue weighted by molar-refractivity contribution is 6.42. The Hall–Kier alpha value is -3.03. The van der Waals surface area contributed by atoms with E-state index in [1.165, 1.54) is 14.7 Å². The van der Waals surface area contributed by atoms with E-state index in [1.807, 2.05) is 4.57 Å². The van der Waals surface area contributed by atoms with Gasteiger partial charge in [-0.05, 0) is 47.7 Å². The van der Waals surface area contributed by atoms with E-state index in [9.17, 15) is 9.59 Å². The minimum atomic E-state index is -0.425. The number of halogens is 2. The number of benzene rings is 2. The van der Waals surface area contributed by atoms with Gasteiger partial charge in [-0.15, -0.1) is 0 Å². The van der Waals surface area contributed by atoms with Gasteiger partial charge in [-0.2, -0.15) is 4.98 Å². The molecule has 0 fully saturated rings. The molecule has 0 aliphatic carbocycles. The van der Waals surface area contributed by atoms with E-state index < -0.39 is 5.69 Å². The molecule has 0 radical (unpaired) electrons. The number of fused-ring (bicyclic) bond motifs is 3. The summed E-state index contributed by atoms with van der Waals surface area (Å²) in [7, 11) is 1.65. The first-order valence-corrected chi connectivity index (χ1v) is 12.0. The van der Waals surface area contributed by atoms with Gasteiger partial charge in [-0.1, -0.05) is 55.2 Å². The number of aromatic nitrogens is 4. The summed E-state index contributed by atoms with van der Waals surface area (Å²) in [6.07, 6.45) is 0.968. The molecule has 0 amide bonds. The Bertz CT molecular complexity index is 1520. The molecule has 5 rings (SSSR count). The lowest BCUT2D eigenvalue weighted by Gasteiger charge is -2.33. The van der Waals surface area contributed by atoms with Gasteiger partial charge >= 0.3 is 5.69 Å². The lowest BCUT2D eigenvalue weighted by Crippen LogP contribution is -2.40. The van der Waals surface area contributed by atoms with E-state index in [1.54, 1.807) is 25.2 Å². The standard InChI is InChI=1S/C25H25Cl2N5O2/c1-4-16-5-8-18(9-6-16)30-12-15(2)13-31-21-22(28-24(30)31)29(3)25(34)32(23(21)33)14-17-7-10-19(26)20(27)11-17/h5-11,15H,4,12-14H2,1-3H3/t15-/m0/s1. The van der Waals surface area contributed by atoms with E-state index >= 15 is 0 Å². The number of aryl methyl sites for hydroxylation is 2. The van der Waals surface area contributed by atoms with Gasteiger partial charge in [-0.25, -0.2) is 4.79 Å². The van der Waals surface area contributed by atoms with Crippen molar-refractivity contribution >= 4 is 46.0 Å². The Morgan fingerprint density at radius 3 is 2.38 bits per heavy atom. The Balaban J connectivity index is 1.68. The molecular formula is C25H25Cl2N5O2. The van der Waals surface area contributed by atoms with Crippen molar-refractivity contribution in [2.45, 2.75) is 33.4 Å². The summed E-state index contributed by atoms with van der Waals surface area (Å²) in [6, 6.07) is 13.5. The summed E-state index contributed by atoms with van der Waals surface area (Å²) in [5, 5.41) is 0.803. The predicted molar refractivity (Wildman–Crippen MR) is 137 cm³/mol. The Morgan fingerprint density at radius 1 is 1.00 bits per heavy atom. The number of hydrogen-bond donors (Lipinski definition) is 0. The maximum Gasteiger partial charge on any atom is 0.332 e. The summed E-state index contributed by atoms with van der Waals surface area (Å²) in [5.41, 5.74) is 3.02. The summed E-state index contributed by atoms with van der Waals surface area (Å²) in [5.74, 6) is 0.965. The predicted octanol–water partition coefficient (Wildman–Crippen LogP) is 4.60. The van der Waals surface area contributed by atoms with Gasteiger partial charge in [-0.3, -0.25) is 13.9 Å². The van der Waals surface area contributed by atoms with Crippen LogP contribution in [0.4, 0.5) is 11.6 Å². The van der Waals surface area contributed by atoms with Gasteiger partial charge in [0.2, 0.25) is 5.95 Å². The van der Waals surface area contributed by atoms with Crippen LogP contribution in [-0.4, -0.2) is 25.2 Å². The highest BCUT2D eigenvalue weighted by atomic mass is 35.5. The lowest BCUT2D eigenvalue weighted by atomic mass is 10.1. The monoisotopic (exact) mass is 497 g/mol. The number of anilines is 2. The van der Waals surface area contributed by atoms with Gasteiger partial charge in [0.05, 0.1) is 16.6 Å². The molecule has 7 nitrogen and oxygen atoms in total. The molecule has 176 valence electrons. The van der Waals surface area contributed by atoms with Crippen molar-refractivity contribution in [3.8, 4) is 0 Å². The van der Waals surface area contributed by atoms with Crippen molar-refractivity contribution in [3.63, 3.8) is 0 Å². The molecule has 0 bridgehead atoms. The third-order valence-electron chi connectivity index (χ3n) is 6.42. The van der Waals surface area contributed by atoms with E-state index in [2.05, 4.69) is 43.0 Å². The summed E-state index contributed by atoms with van der Waals surface area (Å²) < 4.78 is 4.63. The summed E-state index contributed by atoms with van der Waals surface area (Å²) >= 11 is 12.2. The molecule has 2 aromatic carbocycles. The van der Waals surface area contributed by atoms with Crippen LogP contribution in [0.15, 0.2) is 52.1 Å². The third-order valence-corrected chi connectivity index (χ3v) is 7.16. The molecule has 4 aromatic rings. The first kappa shape index (κ1) is 22.7. The minimum absolute atomic E-state index is 0.0938. The lowest BCUT2D eigenvalue weighted by molar-refractivity contribution is 0.458. The zero-order valence-electron chi connectivity index (χ0n) is 19.3. The maximum atomic E-state index is 13.6. The second-order valence-electron chi connectivity index (χ2n) is 8.91. The van der Waals surface area contributed by atoms with E-state index in [0.29, 0.717) is 33.7 Å². The topological polar surface area (TPSA) is 65.1 Å². The van der Waals surface area contributed by atoms with Gasteiger partial charge in [0, 0.05) is 25.8 Å². The zero-order valence-corrected chi connectivity index (χ0v) is 20.8. The van der Waals surface area contributed by atoms with Crippen LogP contribution in [0.25, 0.3) is 11.2 Å². The van der Waals surface area contributed by atoms with Crippen molar-refractivity contribution in [3.05, 3.63) is 84.5 Å². The summed E-state index contributed by atoms with van der Waals surface area (Å²) in [4.78, 5) is 33.7. The molecule has 0 unspecified atom stereocenters. The van der Waals surface area contributed by atoms with E-state index in [0.717, 1.165) is 24.2 Å². The fourth-order valence-electron chi connectivity index (χ4n) is 4.59. The summed E-state index contributed by atoms with van der Waals surface area (Å²) in [6.45, 7) is 5.80. The number of imidazole rings is 1. The Kier molecular flexibility index (Phi) is 5.78. The fraction of sp³-hybridized carbons (Fsp3) is 0.320. The van der Waals surface area contributed by atoms with Crippen LogP contribution in [-0.2, 0) is 26.6 Å². The average Bonchev–Trinajstić information content (AvgIpc) is 3.22. The molecule has 0 spiro atoms. The third kappa shape index (κ3) is 3.73. The quantitative estimate of drug-likeness (QED) is 0.413. The average molecular weight is 498 g/mol. The van der Waals surface area contributed by atoms with Crippen molar-refractivity contribution in [2.24, 2.45) is 13.0 Å². The number of rotatable bonds is 4. The largest absolute Gasteiger partial charge is 0.332 e. The van der Waals surface area contributed by atoms with Crippen molar-refractivity contribution in [1.29, 1.82) is 0 Å². The van der Waals surface area contributed by atoms with Crippen LogP contribution in [0.2, 0.25) is 10.0 Å². The Morgan fingerprint density at radius 2 is 1.71 bits per heavy atom. The second-order valence-corrected chi connectivity index (χ2v) is 9.73. The van der Waals surface area contributed by atoms with Gasteiger partial charge in [0.25, 0.3) is 5.56 Å². The molecule has 1 aliphatic rings. The zero-order chi connectivity index (χ0) is 24.1. The minimum Gasteiger partial charge on any atom is -0.312 e. The van der Waals surface area contributed by atoms with Crippen LogP contribution in [0.3, 0.4) is 0 Å². The van der Waals surface area contributed by atoms with E-state index in [-0.39, 0.29) is 18.0 Å². The van der Waals surface area contributed by atoms with Crippen molar-refractivity contribution in [1.82, 2.24) is 18.7 Å². The molecule has 2 aromatic heterocycles. The molecule has 3 heterocycles. The molecular weight excluding hydrogens is 473 g/mol. The molecule has 34 heavy (non-hydrogen) atoms. The first-order valence-electron chi connectivity index (χ1n) is 11.3. The SMILES string of the molecule is CCc1ccc(N2C[C@H](C)Cn3c2nc2c3c(=O)n(Cc3ccc(Cl)c(Cl)c3)c(=O)n2C)cc1. The molecule has 0 saturated carbocycles. The van der Waals surface area contributed by atoms with Crippen LogP contribution in [0.5, 0.6) is 0 Å². The normalized spacial score (nSPS) is 15.7. The van der Waals surface area contributed by atoms with Gasteiger partial charge in [0.15, 0.2) is 11.2 Å². The molecule has 1 aliphatic heterocycles. The number of hydrogen-bond acceptors (Lipinski definition) is 4. The van der Waals surface area contributed by atoms with Crippen LogP contribution in [0, 0.1) is 5.92 Å². The fourth-order valence-corrected chi connectivity index (χ4v) is 4.91. The maximum absolute atomic E-state index is 13.6. The highest BCUT2D eigenvalue weighted by Gasteiger charge is 2.29. The smallest absolute Gasteiger partial charge is 0.312 e. The van der Waals surface area contributed by atoms with Crippen LogP contribution in [0.1, 0.15) is 25.0 Å². The first-order chi connectivity index (χ1) is 16.3. The second kappa shape index (κ2) is 8.64. The van der Waals surface area contributed by atoms with Gasteiger partial charge < -0.3 is 9.47 Å². The van der Waals surface area contributed by atoms with Gasteiger partial charge in [0.1, 0.15) is 0 Å². The van der Waals surface area contributed by atoms with Crippen LogP contribution >= 0.6 is 23.2 Å². The molecule has 0 saturated heterocycles. The van der Waals surface area contributed by atoms with Crippen molar-refractivity contribution < 1.29 is 0 Å². The molecule has 1 atom stereocenters. The molecule has 9 heteroatoms. The van der Waals surface area contributed by atoms with E-state index in [4.69, 9.17) is 28.2 Å².